The quantitative estimate of drug-likeness (QED) is 0.370. The topological polar surface area (TPSA) is 56.3 Å². The lowest BCUT2D eigenvalue weighted by Gasteiger charge is -2.10. The van der Waals surface area contributed by atoms with Crippen LogP contribution in [0.5, 0.6) is 5.75 Å². The molecule has 0 saturated heterocycles. The third-order valence-electron chi connectivity index (χ3n) is 2.31. The zero-order valence-electron chi connectivity index (χ0n) is 10.1. The highest BCUT2D eigenvalue weighted by Gasteiger charge is 2.20. The summed E-state index contributed by atoms with van der Waals surface area (Å²) in [6.45, 7) is 1.81. The summed E-state index contributed by atoms with van der Waals surface area (Å²) in [7, 11) is -3.92. The van der Waals surface area contributed by atoms with Gasteiger partial charge in [0.25, 0.3) is 0 Å². The van der Waals surface area contributed by atoms with Crippen LogP contribution in [0.25, 0.3) is 0 Å². The lowest BCUT2D eigenvalue weighted by Crippen LogP contribution is -2.11. The van der Waals surface area contributed by atoms with Gasteiger partial charge in [-0.15, -0.1) is 0 Å². The summed E-state index contributed by atoms with van der Waals surface area (Å²) in [5.74, 6) is 0.172. The summed E-state index contributed by atoms with van der Waals surface area (Å²) >= 11 is 10.9. The van der Waals surface area contributed by atoms with Gasteiger partial charge in [-0.25, -0.2) is 4.98 Å². The SMILES string of the molecule is Cc1cc(Br)c(OS(=O)(=O)c2ccc(Cl)cc2)c(I)n1. The number of rotatable bonds is 3. The van der Waals surface area contributed by atoms with Gasteiger partial charge in [0.15, 0.2) is 5.75 Å². The predicted molar refractivity (Wildman–Crippen MR) is 88.7 cm³/mol. The van der Waals surface area contributed by atoms with Gasteiger partial charge < -0.3 is 4.18 Å². The number of benzene rings is 1. The molecular weight excluding hydrogens is 480 g/mol. The van der Waals surface area contributed by atoms with Crippen molar-refractivity contribution in [3.05, 3.63) is 49.2 Å². The molecule has 0 fully saturated rings. The zero-order chi connectivity index (χ0) is 14.9. The molecule has 4 nitrogen and oxygen atoms in total. The Hall–Kier alpha value is -0.380. The largest absolute Gasteiger partial charge is 0.375 e. The van der Waals surface area contributed by atoms with Crippen molar-refractivity contribution in [3.63, 3.8) is 0 Å². The molecule has 0 spiro atoms. The lowest BCUT2D eigenvalue weighted by atomic mass is 10.4. The molecule has 0 amide bonds. The summed E-state index contributed by atoms with van der Waals surface area (Å²) in [6, 6.07) is 7.45. The summed E-state index contributed by atoms with van der Waals surface area (Å²) in [4.78, 5) is 4.21. The van der Waals surface area contributed by atoms with E-state index >= 15 is 0 Å². The average molecular weight is 489 g/mol. The van der Waals surface area contributed by atoms with Crippen LogP contribution in [-0.2, 0) is 10.1 Å². The molecule has 1 aromatic carbocycles. The maximum atomic E-state index is 12.2. The molecule has 0 aliphatic heterocycles. The Morgan fingerprint density at radius 1 is 1.30 bits per heavy atom. The molecule has 0 atom stereocenters. The van der Waals surface area contributed by atoms with Crippen LogP contribution in [0.1, 0.15) is 5.69 Å². The van der Waals surface area contributed by atoms with Crippen LogP contribution in [0.2, 0.25) is 5.02 Å². The summed E-state index contributed by atoms with van der Waals surface area (Å²) in [6.07, 6.45) is 0. The van der Waals surface area contributed by atoms with E-state index in [9.17, 15) is 8.42 Å². The molecule has 0 unspecified atom stereocenters. The van der Waals surface area contributed by atoms with Crippen LogP contribution in [0, 0.1) is 10.6 Å². The number of nitrogens with zero attached hydrogens (tertiary/aromatic N) is 1. The highest BCUT2D eigenvalue weighted by atomic mass is 127. The van der Waals surface area contributed by atoms with Crippen molar-refractivity contribution in [3.8, 4) is 5.75 Å². The van der Waals surface area contributed by atoms with Gasteiger partial charge in [0.1, 0.15) is 8.60 Å². The van der Waals surface area contributed by atoms with E-state index in [1.807, 2.05) is 29.5 Å². The molecular formula is C12H8BrClINO3S. The summed E-state index contributed by atoms with van der Waals surface area (Å²) in [5, 5.41) is 0.455. The van der Waals surface area contributed by atoms with Gasteiger partial charge in [-0.05, 0) is 75.8 Å². The molecule has 0 bridgehead atoms. The van der Waals surface area contributed by atoms with Gasteiger partial charge in [-0.3, -0.25) is 0 Å². The van der Waals surface area contributed by atoms with Gasteiger partial charge in [-0.1, -0.05) is 11.6 Å². The molecule has 2 rings (SSSR count). The van der Waals surface area contributed by atoms with Gasteiger partial charge in [0.05, 0.1) is 4.47 Å². The van der Waals surface area contributed by atoms with Gasteiger partial charge in [-0.2, -0.15) is 8.42 Å². The van der Waals surface area contributed by atoms with Crippen LogP contribution in [0.4, 0.5) is 0 Å². The molecule has 0 radical (unpaired) electrons. The van der Waals surface area contributed by atoms with E-state index in [1.54, 1.807) is 6.07 Å². The minimum atomic E-state index is -3.92. The molecule has 8 heteroatoms. The van der Waals surface area contributed by atoms with E-state index in [0.717, 1.165) is 5.69 Å². The van der Waals surface area contributed by atoms with Crippen LogP contribution >= 0.6 is 50.1 Å². The average Bonchev–Trinajstić information content (AvgIpc) is 2.34. The molecule has 0 N–H and O–H groups in total. The Balaban J connectivity index is 2.41. The van der Waals surface area contributed by atoms with Crippen molar-refractivity contribution in [2.45, 2.75) is 11.8 Å². The second-order valence-corrected chi connectivity index (χ2v) is 7.72. The molecule has 1 heterocycles. The van der Waals surface area contributed by atoms with Crippen molar-refractivity contribution in [1.29, 1.82) is 0 Å². The standard InChI is InChI=1S/C12H8BrClINO3S/c1-7-6-10(13)11(12(15)16-7)19-20(17,18)9-4-2-8(14)3-5-9/h2-6H,1H3. The van der Waals surface area contributed by atoms with E-state index in [-0.39, 0.29) is 10.6 Å². The monoisotopic (exact) mass is 487 g/mol. The molecule has 0 aliphatic rings. The minimum absolute atomic E-state index is 0.0326. The number of halogens is 3. The first kappa shape index (κ1) is 16.0. The van der Waals surface area contributed by atoms with E-state index < -0.39 is 10.1 Å². The Bertz CT molecular complexity index is 727. The van der Waals surface area contributed by atoms with E-state index in [4.69, 9.17) is 15.8 Å². The second kappa shape index (κ2) is 6.17. The fourth-order valence-electron chi connectivity index (χ4n) is 1.42. The first-order valence-corrected chi connectivity index (χ1v) is 8.98. The predicted octanol–water partition coefficient (Wildman–Crippen LogP) is 4.18. The van der Waals surface area contributed by atoms with Crippen molar-refractivity contribution in [2.24, 2.45) is 0 Å². The highest BCUT2D eigenvalue weighted by molar-refractivity contribution is 14.1. The number of pyridine rings is 1. The van der Waals surface area contributed by atoms with Gasteiger partial charge >= 0.3 is 10.1 Å². The Morgan fingerprint density at radius 2 is 1.90 bits per heavy atom. The molecule has 2 aromatic rings. The summed E-state index contributed by atoms with van der Waals surface area (Å²) in [5.41, 5.74) is 0.762. The fraction of sp³-hybridized carbons (Fsp3) is 0.0833. The smallest absolute Gasteiger partial charge is 0.339 e. The fourth-order valence-corrected chi connectivity index (χ4v) is 4.51. The van der Waals surface area contributed by atoms with Crippen LogP contribution in [-0.4, -0.2) is 13.4 Å². The van der Waals surface area contributed by atoms with E-state index in [2.05, 4.69) is 20.9 Å². The zero-order valence-corrected chi connectivity index (χ0v) is 15.4. The Labute approximate surface area is 143 Å². The minimum Gasteiger partial charge on any atom is -0.375 e. The molecule has 1 aromatic heterocycles. The highest BCUT2D eigenvalue weighted by Crippen LogP contribution is 2.32. The third-order valence-corrected chi connectivity index (χ3v) is 5.12. The van der Waals surface area contributed by atoms with E-state index in [0.29, 0.717) is 13.2 Å². The van der Waals surface area contributed by atoms with Crippen molar-refractivity contribution >= 4 is 60.2 Å². The molecule has 0 saturated carbocycles. The van der Waals surface area contributed by atoms with Crippen molar-refractivity contribution in [2.75, 3.05) is 0 Å². The molecule has 106 valence electrons. The normalized spacial score (nSPS) is 11.4. The third kappa shape index (κ3) is 3.63. The van der Waals surface area contributed by atoms with Gasteiger partial charge in [0.2, 0.25) is 0 Å². The second-order valence-electron chi connectivity index (χ2n) is 3.86. The number of aryl methyl sites for hydroxylation is 1. The van der Waals surface area contributed by atoms with Crippen LogP contribution in [0.3, 0.4) is 0 Å². The molecule has 20 heavy (non-hydrogen) atoms. The molecule has 0 aliphatic carbocycles. The first-order valence-electron chi connectivity index (χ1n) is 5.32. The first-order chi connectivity index (χ1) is 9.29. The number of hydrogen-bond donors (Lipinski definition) is 0. The van der Waals surface area contributed by atoms with Crippen molar-refractivity contribution < 1.29 is 12.6 Å². The van der Waals surface area contributed by atoms with Crippen molar-refractivity contribution in [1.82, 2.24) is 4.98 Å². The van der Waals surface area contributed by atoms with Crippen LogP contribution < -0.4 is 4.18 Å². The maximum Gasteiger partial charge on any atom is 0.339 e. The maximum absolute atomic E-state index is 12.2. The van der Waals surface area contributed by atoms with Gasteiger partial charge in [0, 0.05) is 10.7 Å². The van der Waals surface area contributed by atoms with E-state index in [1.165, 1.54) is 24.3 Å². The number of aromatic nitrogens is 1. The summed E-state index contributed by atoms with van der Waals surface area (Å²) < 4.78 is 30.5. The number of hydrogen-bond acceptors (Lipinski definition) is 4. The Kier molecular flexibility index (Phi) is 4.93. The Morgan fingerprint density at radius 3 is 2.45 bits per heavy atom. The lowest BCUT2D eigenvalue weighted by molar-refractivity contribution is 0.481. The van der Waals surface area contributed by atoms with Crippen LogP contribution in [0.15, 0.2) is 39.7 Å².